The number of fused-ring (bicyclic) bond motifs is 3. The van der Waals surface area contributed by atoms with E-state index in [2.05, 4.69) is 15.3 Å². The summed E-state index contributed by atoms with van der Waals surface area (Å²) in [7, 11) is 1.68. The minimum absolute atomic E-state index is 0.124. The lowest BCUT2D eigenvalue weighted by molar-refractivity contribution is 0.818. The number of para-hydroxylation sites is 1. The molecule has 4 rings (SSSR count). The lowest BCUT2D eigenvalue weighted by atomic mass is 10.2. The Morgan fingerprint density at radius 3 is 2.91 bits per heavy atom. The third kappa shape index (κ3) is 1.44. The predicted molar refractivity (Wildman–Crippen MR) is 78.0 cm³/mol. The van der Waals surface area contributed by atoms with E-state index in [-0.39, 0.29) is 5.56 Å². The zero-order valence-electron chi connectivity index (χ0n) is 11.5. The van der Waals surface area contributed by atoms with Gasteiger partial charge in [0.2, 0.25) is 6.19 Å². The van der Waals surface area contributed by atoms with Crippen LogP contribution in [-0.2, 0) is 7.05 Å². The third-order valence-corrected chi connectivity index (χ3v) is 3.65. The third-order valence-electron chi connectivity index (χ3n) is 3.65. The minimum Gasteiger partial charge on any atom is -0.295 e. The van der Waals surface area contributed by atoms with Crippen LogP contribution in [0.5, 0.6) is 0 Å². The molecule has 0 aliphatic carbocycles. The van der Waals surface area contributed by atoms with E-state index in [0.29, 0.717) is 22.4 Å². The molecule has 106 valence electrons. The molecular weight excluding hydrogens is 282 g/mol. The van der Waals surface area contributed by atoms with E-state index in [1.54, 1.807) is 19.4 Å². The molecule has 0 fully saturated rings. The summed E-state index contributed by atoms with van der Waals surface area (Å²) >= 11 is 0. The fourth-order valence-electron chi connectivity index (χ4n) is 2.63. The molecule has 0 atom stereocenters. The summed E-state index contributed by atoms with van der Waals surface area (Å²) in [6, 6.07) is 7.32. The molecule has 0 bridgehead atoms. The maximum Gasteiger partial charge on any atom is 0.261 e. The Kier molecular flexibility index (Phi) is 2.38. The van der Waals surface area contributed by atoms with Gasteiger partial charge in [-0.15, -0.1) is 9.78 Å². The van der Waals surface area contributed by atoms with Gasteiger partial charge in [-0.25, -0.2) is 4.98 Å². The topological polar surface area (TPSA) is 93.8 Å². The first-order chi connectivity index (χ1) is 10.7. The lowest BCUT2D eigenvalue weighted by Gasteiger charge is -2.07. The van der Waals surface area contributed by atoms with Crippen molar-refractivity contribution in [2.75, 3.05) is 0 Å². The van der Waals surface area contributed by atoms with Crippen LogP contribution in [0.15, 0.2) is 41.6 Å². The molecule has 3 heterocycles. The van der Waals surface area contributed by atoms with E-state index in [1.165, 1.54) is 10.8 Å². The van der Waals surface area contributed by atoms with Crippen LogP contribution in [0.2, 0.25) is 0 Å². The minimum atomic E-state index is -0.124. The van der Waals surface area contributed by atoms with Crippen molar-refractivity contribution in [2.45, 2.75) is 0 Å². The summed E-state index contributed by atoms with van der Waals surface area (Å²) in [4.78, 5) is 16.9. The standard InChI is InChI=1S/C14H9N7O/c1-19-13-12(11-6-17-18-21(11)7-15)16-8-20(13)10-5-3-2-4-9(10)14(19)22/h2-6,8H,1H3. The number of nitriles is 1. The van der Waals surface area contributed by atoms with Crippen molar-refractivity contribution in [2.24, 2.45) is 7.05 Å². The molecule has 3 aromatic heterocycles. The summed E-state index contributed by atoms with van der Waals surface area (Å²) < 4.78 is 4.40. The second-order valence-electron chi connectivity index (χ2n) is 4.80. The zero-order chi connectivity index (χ0) is 15.3. The van der Waals surface area contributed by atoms with Crippen LogP contribution in [0.4, 0.5) is 0 Å². The molecule has 0 saturated heterocycles. The van der Waals surface area contributed by atoms with Crippen molar-refractivity contribution < 1.29 is 0 Å². The van der Waals surface area contributed by atoms with Gasteiger partial charge in [0.15, 0.2) is 0 Å². The van der Waals surface area contributed by atoms with Gasteiger partial charge < -0.3 is 0 Å². The molecule has 0 aliphatic heterocycles. The molecule has 8 heteroatoms. The largest absolute Gasteiger partial charge is 0.295 e. The molecule has 0 unspecified atom stereocenters. The SMILES string of the molecule is Cn1c(=O)c2ccccc2n2cnc(-c3cnnn3C#N)c12. The van der Waals surface area contributed by atoms with Gasteiger partial charge in [0.05, 0.1) is 17.1 Å². The maximum atomic E-state index is 12.5. The number of imidazole rings is 1. The molecule has 22 heavy (non-hydrogen) atoms. The molecule has 8 nitrogen and oxygen atoms in total. The highest BCUT2D eigenvalue weighted by Gasteiger charge is 2.18. The van der Waals surface area contributed by atoms with Gasteiger partial charge in [-0.05, 0) is 12.1 Å². The number of aryl methyl sites for hydroxylation is 1. The van der Waals surface area contributed by atoms with Crippen molar-refractivity contribution >= 4 is 16.6 Å². The van der Waals surface area contributed by atoms with Crippen molar-refractivity contribution in [1.29, 1.82) is 5.26 Å². The van der Waals surface area contributed by atoms with Gasteiger partial charge in [0, 0.05) is 7.05 Å². The fourth-order valence-corrected chi connectivity index (χ4v) is 2.63. The van der Waals surface area contributed by atoms with E-state index in [4.69, 9.17) is 5.26 Å². The Morgan fingerprint density at radius 1 is 1.27 bits per heavy atom. The second kappa shape index (κ2) is 4.26. The maximum absolute atomic E-state index is 12.5. The van der Waals surface area contributed by atoms with Gasteiger partial charge >= 0.3 is 0 Å². The van der Waals surface area contributed by atoms with Gasteiger partial charge in [-0.3, -0.25) is 13.8 Å². The van der Waals surface area contributed by atoms with Crippen LogP contribution in [0.3, 0.4) is 0 Å². The first-order valence-corrected chi connectivity index (χ1v) is 6.48. The summed E-state index contributed by atoms with van der Waals surface area (Å²) in [6.45, 7) is 0. The molecule has 4 aromatic rings. The average Bonchev–Trinajstić information content (AvgIpc) is 3.18. The quantitative estimate of drug-likeness (QED) is 0.516. The molecule has 0 spiro atoms. The number of benzene rings is 1. The summed E-state index contributed by atoms with van der Waals surface area (Å²) in [6.07, 6.45) is 4.98. The highest BCUT2D eigenvalue weighted by molar-refractivity contribution is 5.84. The van der Waals surface area contributed by atoms with Crippen molar-refractivity contribution in [3.8, 4) is 17.6 Å². The Bertz CT molecular complexity index is 1130. The zero-order valence-corrected chi connectivity index (χ0v) is 11.5. The van der Waals surface area contributed by atoms with Gasteiger partial charge in [-0.1, -0.05) is 17.3 Å². The van der Waals surface area contributed by atoms with Crippen LogP contribution in [0.1, 0.15) is 0 Å². The molecule has 0 amide bonds. The number of rotatable bonds is 1. The van der Waals surface area contributed by atoms with Crippen LogP contribution in [-0.4, -0.2) is 28.9 Å². The summed E-state index contributed by atoms with van der Waals surface area (Å²) in [5, 5.41) is 17.1. The Labute approximate surface area is 123 Å². The predicted octanol–water partition coefficient (Wildman–Crippen LogP) is 0.774. The number of nitrogens with zero attached hydrogens (tertiary/aromatic N) is 7. The number of hydrogen-bond acceptors (Lipinski definition) is 5. The van der Waals surface area contributed by atoms with Crippen LogP contribution in [0.25, 0.3) is 27.9 Å². The highest BCUT2D eigenvalue weighted by Crippen LogP contribution is 2.23. The summed E-state index contributed by atoms with van der Waals surface area (Å²) in [5.41, 5.74) is 2.14. The average molecular weight is 291 g/mol. The summed E-state index contributed by atoms with van der Waals surface area (Å²) in [5.74, 6) is 0. The van der Waals surface area contributed by atoms with Crippen molar-refractivity contribution in [3.05, 3.63) is 47.1 Å². The van der Waals surface area contributed by atoms with Gasteiger partial charge in [0.1, 0.15) is 23.4 Å². The monoisotopic (exact) mass is 291 g/mol. The number of aromatic nitrogens is 6. The molecule has 0 aliphatic rings. The van der Waals surface area contributed by atoms with Crippen LogP contribution in [0, 0.1) is 11.5 Å². The molecule has 0 N–H and O–H groups in total. The molecular formula is C14H9N7O. The van der Waals surface area contributed by atoms with Crippen LogP contribution < -0.4 is 5.56 Å². The number of hydrogen-bond donors (Lipinski definition) is 0. The first-order valence-electron chi connectivity index (χ1n) is 6.48. The van der Waals surface area contributed by atoms with Crippen molar-refractivity contribution in [3.63, 3.8) is 0 Å². The Balaban J connectivity index is 2.21. The van der Waals surface area contributed by atoms with E-state index in [1.807, 2.05) is 28.8 Å². The van der Waals surface area contributed by atoms with E-state index < -0.39 is 0 Å². The first kappa shape index (κ1) is 12.3. The van der Waals surface area contributed by atoms with E-state index in [0.717, 1.165) is 10.2 Å². The fraction of sp³-hybridized carbons (Fsp3) is 0.0714. The van der Waals surface area contributed by atoms with Gasteiger partial charge in [0.25, 0.3) is 5.56 Å². The molecule has 0 saturated carbocycles. The Hall–Kier alpha value is -3.47. The normalized spacial score (nSPS) is 11.1. The van der Waals surface area contributed by atoms with E-state index >= 15 is 0 Å². The Morgan fingerprint density at radius 2 is 2.09 bits per heavy atom. The van der Waals surface area contributed by atoms with Crippen LogP contribution >= 0.6 is 0 Å². The molecule has 1 aromatic carbocycles. The smallest absolute Gasteiger partial charge is 0.261 e. The lowest BCUT2D eigenvalue weighted by Crippen LogP contribution is -2.19. The van der Waals surface area contributed by atoms with Gasteiger partial charge in [-0.2, -0.15) is 5.26 Å². The van der Waals surface area contributed by atoms with Crippen molar-refractivity contribution in [1.82, 2.24) is 28.9 Å². The second-order valence-corrected chi connectivity index (χ2v) is 4.80. The molecule has 0 radical (unpaired) electrons. The van der Waals surface area contributed by atoms with E-state index in [9.17, 15) is 4.79 Å². The highest BCUT2D eigenvalue weighted by atomic mass is 16.1.